The fourth-order valence-electron chi connectivity index (χ4n) is 4.01. The van der Waals surface area contributed by atoms with Crippen LogP contribution in [0.1, 0.15) is 82.2 Å². The highest BCUT2D eigenvalue weighted by Crippen LogP contribution is 2.46. The highest BCUT2D eigenvalue weighted by Gasteiger charge is 2.34. The van der Waals surface area contributed by atoms with Gasteiger partial charge < -0.3 is 5.11 Å². The van der Waals surface area contributed by atoms with Gasteiger partial charge in [-0.25, -0.2) is 0 Å². The van der Waals surface area contributed by atoms with Gasteiger partial charge in [-0.15, -0.1) is 0 Å². The van der Waals surface area contributed by atoms with E-state index in [1.807, 2.05) is 6.92 Å². The van der Waals surface area contributed by atoms with E-state index in [1.165, 1.54) is 35.1 Å². The minimum Gasteiger partial charge on any atom is -0.507 e. The topological polar surface area (TPSA) is 20.2 Å². The Morgan fingerprint density at radius 2 is 1.43 bits per heavy atom. The number of aromatic hydroxyl groups is 1. The second-order valence-corrected chi connectivity index (χ2v) is 8.01. The summed E-state index contributed by atoms with van der Waals surface area (Å²) >= 11 is 0. The number of rotatable bonds is 2. The van der Waals surface area contributed by atoms with Crippen LogP contribution in [0.4, 0.5) is 0 Å². The summed E-state index contributed by atoms with van der Waals surface area (Å²) in [5.74, 6) is 0.561. The molecule has 0 aromatic heterocycles. The van der Waals surface area contributed by atoms with Crippen LogP contribution in [0.15, 0.2) is 0 Å². The molecule has 1 nitrogen and oxygen atoms in total. The summed E-state index contributed by atoms with van der Waals surface area (Å²) < 4.78 is 0. The summed E-state index contributed by atoms with van der Waals surface area (Å²) in [6.07, 6.45) is 7.98. The highest BCUT2D eigenvalue weighted by atomic mass is 16.3. The van der Waals surface area contributed by atoms with Crippen molar-refractivity contribution < 1.29 is 5.11 Å². The zero-order valence-electron chi connectivity index (χ0n) is 14.8. The Morgan fingerprint density at radius 3 is 1.90 bits per heavy atom. The fourth-order valence-corrected chi connectivity index (χ4v) is 4.01. The van der Waals surface area contributed by atoms with Gasteiger partial charge in [-0.2, -0.15) is 0 Å². The lowest BCUT2D eigenvalue weighted by Gasteiger charge is -2.36. The minimum atomic E-state index is -0.0702. The summed E-state index contributed by atoms with van der Waals surface area (Å²) in [5.41, 5.74) is 6.28. The Balaban J connectivity index is 2.86. The number of phenolic OH excluding ortho intramolecular Hbond substituents is 1. The Labute approximate surface area is 130 Å². The molecule has 1 N–H and O–H groups in total. The van der Waals surface area contributed by atoms with Crippen LogP contribution in [0, 0.1) is 13.3 Å². The van der Waals surface area contributed by atoms with Crippen molar-refractivity contribution in [2.24, 2.45) is 0 Å². The van der Waals surface area contributed by atoms with Gasteiger partial charge in [-0.3, -0.25) is 0 Å². The number of fused-ring (bicyclic) bond motifs is 1. The number of hydrogen-bond donors (Lipinski definition) is 1. The summed E-state index contributed by atoms with van der Waals surface area (Å²) in [4.78, 5) is 0. The molecule has 1 heteroatoms. The highest BCUT2D eigenvalue weighted by molar-refractivity contribution is 5.60. The van der Waals surface area contributed by atoms with Crippen molar-refractivity contribution in [3.8, 4) is 5.75 Å². The first-order chi connectivity index (χ1) is 9.61. The molecule has 2 rings (SSSR count). The van der Waals surface area contributed by atoms with Crippen LogP contribution in [0.3, 0.4) is 0 Å². The molecule has 0 aliphatic heterocycles. The largest absolute Gasteiger partial charge is 0.507 e. The molecule has 2 radical (unpaired) electrons. The molecule has 0 amide bonds. The second-order valence-electron chi connectivity index (χ2n) is 8.01. The van der Waals surface area contributed by atoms with E-state index in [0.717, 1.165) is 18.4 Å². The number of hydrogen-bond acceptors (Lipinski definition) is 1. The van der Waals surface area contributed by atoms with E-state index in [1.54, 1.807) is 0 Å². The molecule has 1 aliphatic rings. The van der Waals surface area contributed by atoms with Crippen molar-refractivity contribution >= 4 is 0 Å². The molecule has 0 heterocycles. The predicted molar refractivity (Wildman–Crippen MR) is 90.1 cm³/mol. The van der Waals surface area contributed by atoms with Crippen LogP contribution in [-0.4, -0.2) is 5.11 Å². The van der Waals surface area contributed by atoms with E-state index in [2.05, 4.69) is 48.0 Å². The monoisotopic (exact) mass is 286 g/mol. The van der Waals surface area contributed by atoms with Gasteiger partial charge in [0.25, 0.3) is 0 Å². The van der Waals surface area contributed by atoms with Gasteiger partial charge in [0.1, 0.15) is 5.75 Å². The van der Waals surface area contributed by atoms with Crippen LogP contribution in [0.2, 0.25) is 0 Å². The third kappa shape index (κ3) is 2.72. The SMILES string of the molecule is C[C]C(C)(C)c1c(C)c(C(C)(C)C)c(O)c2c1CCCC2. The lowest BCUT2D eigenvalue weighted by atomic mass is 9.68. The molecule has 0 spiro atoms. The van der Waals surface area contributed by atoms with Crippen molar-refractivity contribution in [3.63, 3.8) is 0 Å². The van der Waals surface area contributed by atoms with Crippen molar-refractivity contribution in [2.75, 3.05) is 0 Å². The van der Waals surface area contributed by atoms with Crippen LogP contribution in [0.25, 0.3) is 0 Å². The molecule has 0 saturated heterocycles. The molecule has 0 fully saturated rings. The van der Waals surface area contributed by atoms with Crippen LogP contribution < -0.4 is 0 Å². The first-order valence-electron chi connectivity index (χ1n) is 8.18. The number of benzene rings is 1. The zero-order valence-corrected chi connectivity index (χ0v) is 14.8. The van der Waals surface area contributed by atoms with Gasteiger partial charge in [0, 0.05) is 5.56 Å². The molecule has 116 valence electrons. The van der Waals surface area contributed by atoms with Gasteiger partial charge in [0.05, 0.1) is 0 Å². The van der Waals surface area contributed by atoms with Crippen LogP contribution >= 0.6 is 0 Å². The maximum Gasteiger partial charge on any atom is 0.123 e. The standard InChI is InChI=1S/C20H30O/c1-8-20(6,7)16-13(2)17(19(3,4)5)18(21)15-12-10-9-11-14(15)16/h21H,9-12H2,1-7H3. The molecule has 0 unspecified atom stereocenters. The maximum atomic E-state index is 10.9. The Morgan fingerprint density at radius 1 is 0.905 bits per heavy atom. The predicted octanol–water partition coefficient (Wildman–Crippen LogP) is 5.26. The average Bonchev–Trinajstić information content (AvgIpc) is 2.37. The van der Waals surface area contributed by atoms with Gasteiger partial charge in [-0.1, -0.05) is 41.5 Å². The molecule has 0 bridgehead atoms. The second kappa shape index (κ2) is 5.34. The molecule has 21 heavy (non-hydrogen) atoms. The average molecular weight is 286 g/mol. The molecular weight excluding hydrogens is 256 g/mol. The summed E-state index contributed by atoms with van der Waals surface area (Å²) in [7, 11) is 0. The van der Waals surface area contributed by atoms with Crippen molar-refractivity contribution in [2.45, 2.75) is 85.0 Å². The van der Waals surface area contributed by atoms with Crippen LogP contribution in [-0.2, 0) is 23.7 Å². The third-order valence-electron chi connectivity index (χ3n) is 5.04. The van der Waals surface area contributed by atoms with Crippen molar-refractivity contribution in [1.82, 2.24) is 0 Å². The lowest BCUT2D eigenvalue weighted by Crippen LogP contribution is -2.26. The third-order valence-corrected chi connectivity index (χ3v) is 5.04. The Hall–Kier alpha value is -0.980. The molecule has 0 atom stereocenters. The minimum absolute atomic E-state index is 0.0424. The van der Waals surface area contributed by atoms with Gasteiger partial charge in [0.2, 0.25) is 0 Å². The van der Waals surface area contributed by atoms with Gasteiger partial charge in [0.15, 0.2) is 0 Å². The van der Waals surface area contributed by atoms with Crippen molar-refractivity contribution in [1.29, 1.82) is 0 Å². The summed E-state index contributed by atoms with van der Waals surface area (Å²) in [6, 6.07) is 0. The Kier molecular flexibility index (Phi) is 4.17. The van der Waals surface area contributed by atoms with Crippen LogP contribution in [0.5, 0.6) is 5.75 Å². The normalized spacial score (nSPS) is 16.0. The van der Waals surface area contributed by atoms with Crippen molar-refractivity contribution in [3.05, 3.63) is 34.2 Å². The van der Waals surface area contributed by atoms with E-state index in [9.17, 15) is 5.11 Å². The molecular formula is C20H30O. The summed E-state index contributed by atoms with van der Waals surface area (Å²) in [6.45, 7) is 15.3. The van der Waals surface area contributed by atoms with E-state index >= 15 is 0 Å². The lowest BCUT2D eigenvalue weighted by molar-refractivity contribution is 0.429. The van der Waals surface area contributed by atoms with E-state index < -0.39 is 0 Å². The van der Waals surface area contributed by atoms with E-state index in [-0.39, 0.29) is 10.8 Å². The van der Waals surface area contributed by atoms with E-state index in [0.29, 0.717) is 5.75 Å². The molecule has 1 aliphatic carbocycles. The quantitative estimate of drug-likeness (QED) is 0.786. The zero-order chi connectivity index (χ0) is 16.0. The molecule has 1 aromatic carbocycles. The molecule has 0 saturated carbocycles. The van der Waals surface area contributed by atoms with E-state index in [4.69, 9.17) is 0 Å². The van der Waals surface area contributed by atoms with Gasteiger partial charge in [-0.05, 0) is 72.1 Å². The Bertz CT molecular complexity index is 544. The molecule has 1 aromatic rings. The van der Waals surface area contributed by atoms with Gasteiger partial charge >= 0.3 is 0 Å². The first-order valence-corrected chi connectivity index (χ1v) is 8.18. The first kappa shape index (κ1) is 16.4. The summed E-state index contributed by atoms with van der Waals surface area (Å²) in [5, 5.41) is 10.9. The maximum absolute atomic E-state index is 10.9. The smallest absolute Gasteiger partial charge is 0.123 e. The fraction of sp³-hybridized carbons (Fsp3) is 0.650. The number of phenols is 1.